The Morgan fingerprint density at radius 2 is 2.12 bits per heavy atom. The van der Waals surface area contributed by atoms with Gasteiger partial charge in [0.2, 0.25) is 0 Å². The van der Waals surface area contributed by atoms with Gasteiger partial charge in [0, 0.05) is 31.5 Å². The topological polar surface area (TPSA) is 42.1 Å². The van der Waals surface area contributed by atoms with Gasteiger partial charge in [-0.1, -0.05) is 6.42 Å². The highest BCUT2D eigenvalue weighted by molar-refractivity contribution is 5.15. The van der Waals surface area contributed by atoms with Gasteiger partial charge in [0.05, 0.1) is 0 Å². The van der Waals surface area contributed by atoms with E-state index in [2.05, 4.69) is 29.1 Å². The van der Waals surface area contributed by atoms with Crippen molar-refractivity contribution < 1.29 is 0 Å². The molecule has 0 amide bonds. The van der Waals surface area contributed by atoms with Gasteiger partial charge >= 0.3 is 0 Å². The molecule has 1 aliphatic rings. The van der Waals surface area contributed by atoms with Crippen LogP contribution in [0.1, 0.15) is 30.9 Å². The zero-order valence-corrected chi connectivity index (χ0v) is 9.97. The monoisotopic (exact) mass is 219 g/mol. The molecule has 1 aliphatic carbocycles. The van der Waals surface area contributed by atoms with E-state index in [-0.39, 0.29) is 0 Å². The number of rotatable bonds is 5. The number of likely N-dealkylation sites (N-methyl/N-ethyl adjacent to an activating group) is 1. The summed E-state index contributed by atoms with van der Waals surface area (Å²) >= 11 is 0. The number of nitrogens with two attached hydrogens (primary N) is 1. The van der Waals surface area contributed by atoms with Gasteiger partial charge in [-0.05, 0) is 43.5 Å². The lowest BCUT2D eigenvalue weighted by Gasteiger charge is -2.34. The predicted octanol–water partition coefficient (Wildman–Crippen LogP) is 1.81. The van der Waals surface area contributed by atoms with Gasteiger partial charge in [-0.25, -0.2) is 0 Å². The van der Waals surface area contributed by atoms with Gasteiger partial charge in [0.25, 0.3) is 0 Å². The van der Waals surface area contributed by atoms with Crippen LogP contribution in [0.25, 0.3) is 0 Å². The summed E-state index contributed by atoms with van der Waals surface area (Å²) in [5.74, 6) is 0.890. The highest BCUT2D eigenvalue weighted by Crippen LogP contribution is 2.29. The molecule has 16 heavy (non-hydrogen) atoms. The van der Waals surface area contributed by atoms with Crippen molar-refractivity contribution in [3.8, 4) is 0 Å². The van der Waals surface area contributed by atoms with Crippen LogP contribution < -0.4 is 5.73 Å². The lowest BCUT2D eigenvalue weighted by atomic mass is 9.85. The largest absolute Gasteiger partial charge is 0.329 e. The van der Waals surface area contributed by atoms with Crippen molar-refractivity contribution in [1.29, 1.82) is 0 Å². The molecule has 3 heteroatoms. The third kappa shape index (κ3) is 2.60. The maximum atomic E-state index is 5.88. The Bertz CT molecular complexity index is 308. The smallest absolute Gasteiger partial charge is 0.0468 e. The van der Waals surface area contributed by atoms with Crippen molar-refractivity contribution >= 4 is 0 Å². The van der Waals surface area contributed by atoms with E-state index in [1.54, 1.807) is 0 Å². The molecular weight excluding hydrogens is 198 g/mol. The maximum absolute atomic E-state index is 5.88. The van der Waals surface area contributed by atoms with Crippen LogP contribution in [0.15, 0.2) is 24.5 Å². The Morgan fingerprint density at radius 1 is 1.44 bits per heavy atom. The summed E-state index contributed by atoms with van der Waals surface area (Å²) in [5, 5.41) is 0. The Balaban J connectivity index is 1.98. The fourth-order valence-electron chi connectivity index (χ4n) is 2.37. The zero-order chi connectivity index (χ0) is 11.4. The zero-order valence-electron chi connectivity index (χ0n) is 9.97. The van der Waals surface area contributed by atoms with Gasteiger partial charge in [-0.15, -0.1) is 0 Å². The van der Waals surface area contributed by atoms with E-state index >= 15 is 0 Å². The second kappa shape index (κ2) is 5.41. The number of hydrogen-bond donors (Lipinski definition) is 1. The van der Waals surface area contributed by atoms with Gasteiger partial charge in [-0.3, -0.25) is 9.88 Å². The Morgan fingerprint density at radius 3 is 2.62 bits per heavy atom. The summed E-state index contributed by atoms with van der Waals surface area (Å²) in [6, 6.07) is 4.47. The molecule has 0 bridgehead atoms. The van der Waals surface area contributed by atoms with Crippen LogP contribution in [0, 0.1) is 5.92 Å². The SMILES string of the molecule is CN(CC1CCC1)C(CN)c1ccncc1. The molecule has 2 N–H and O–H groups in total. The van der Waals surface area contributed by atoms with Crippen molar-refractivity contribution in [1.82, 2.24) is 9.88 Å². The normalized spacial score (nSPS) is 18.4. The van der Waals surface area contributed by atoms with Crippen LogP contribution in [0.2, 0.25) is 0 Å². The lowest BCUT2D eigenvalue weighted by Crippen LogP contribution is -2.36. The van der Waals surface area contributed by atoms with E-state index in [4.69, 9.17) is 5.73 Å². The number of hydrogen-bond acceptors (Lipinski definition) is 3. The van der Waals surface area contributed by atoms with Crippen LogP contribution in [0.4, 0.5) is 0 Å². The van der Waals surface area contributed by atoms with Gasteiger partial charge in [0.15, 0.2) is 0 Å². The molecule has 3 nitrogen and oxygen atoms in total. The molecule has 1 aromatic heterocycles. The third-order valence-electron chi connectivity index (χ3n) is 3.62. The molecule has 1 aromatic rings. The predicted molar refractivity (Wildman–Crippen MR) is 66.0 cm³/mol. The molecule has 1 fully saturated rings. The van der Waals surface area contributed by atoms with Crippen LogP contribution in [-0.2, 0) is 0 Å². The fraction of sp³-hybridized carbons (Fsp3) is 0.615. The van der Waals surface area contributed by atoms with Crippen molar-refractivity contribution in [2.24, 2.45) is 11.7 Å². The molecule has 2 rings (SSSR count). The van der Waals surface area contributed by atoms with E-state index in [1.807, 2.05) is 12.4 Å². The molecule has 1 unspecified atom stereocenters. The third-order valence-corrected chi connectivity index (χ3v) is 3.62. The number of nitrogens with zero attached hydrogens (tertiary/aromatic N) is 2. The molecule has 0 radical (unpaired) electrons. The summed E-state index contributed by atoms with van der Waals surface area (Å²) in [6.45, 7) is 1.84. The summed E-state index contributed by atoms with van der Waals surface area (Å²) in [4.78, 5) is 6.44. The van der Waals surface area contributed by atoms with E-state index in [9.17, 15) is 0 Å². The van der Waals surface area contributed by atoms with Crippen LogP contribution in [-0.4, -0.2) is 30.0 Å². The number of pyridine rings is 1. The summed E-state index contributed by atoms with van der Waals surface area (Å²) in [7, 11) is 2.18. The molecule has 0 aromatic carbocycles. The Kier molecular flexibility index (Phi) is 3.91. The van der Waals surface area contributed by atoms with E-state index in [0.29, 0.717) is 12.6 Å². The molecule has 1 saturated carbocycles. The van der Waals surface area contributed by atoms with Crippen molar-refractivity contribution in [3.05, 3.63) is 30.1 Å². The van der Waals surface area contributed by atoms with Crippen LogP contribution in [0.5, 0.6) is 0 Å². The first kappa shape index (κ1) is 11.6. The van der Waals surface area contributed by atoms with Crippen LogP contribution >= 0.6 is 0 Å². The summed E-state index contributed by atoms with van der Waals surface area (Å²) in [6.07, 6.45) is 7.86. The summed E-state index contributed by atoms with van der Waals surface area (Å²) < 4.78 is 0. The minimum Gasteiger partial charge on any atom is -0.329 e. The molecule has 1 heterocycles. The average molecular weight is 219 g/mol. The quantitative estimate of drug-likeness (QED) is 0.821. The van der Waals surface area contributed by atoms with Crippen molar-refractivity contribution in [3.63, 3.8) is 0 Å². The first-order valence-corrected chi connectivity index (χ1v) is 6.11. The molecular formula is C13H21N3. The second-order valence-electron chi connectivity index (χ2n) is 4.77. The molecule has 0 aliphatic heterocycles. The van der Waals surface area contributed by atoms with Gasteiger partial charge < -0.3 is 5.73 Å². The standard InChI is InChI=1S/C13H21N3/c1-16(10-11-3-2-4-11)13(9-14)12-5-7-15-8-6-12/h5-8,11,13H,2-4,9-10,14H2,1H3. The van der Waals surface area contributed by atoms with E-state index in [0.717, 1.165) is 5.92 Å². The van der Waals surface area contributed by atoms with E-state index in [1.165, 1.54) is 31.4 Å². The van der Waals surface area contributed by atoms with Crippen molar-refractivity contribution in [2.75, 3.05) is 20.1 Å². The maximum Gasteiger partial charge on any atom is 0.0468 e. The van der Waals surface area contributed by atoms with E-state index < -0.39 is 0 Å². The molecule has 88 valence electrons. The van der Waals surface area contributed by atoms with Crippen molar-refractivity contribution in [2.45, 2.75) is 25.3 Å². The molecule has 1 atom stereocenters. The minimum atomic E-state index is 0.337. The number of aromatic nitrogens is 1. The fourth-order valence-corrected chi connectivity index (χ4v) is 2.37. The highest BCUT2D eigenvalue weighted by Gasteiger charge is 2.23. The second-order valence-corrected chi connectivity index (χ2v) is 4.77. The molecule has 0 spiro atoms. The Hall–Kier alpha value is -0.930. The van der Waals surface area contributed by atoms with Gasteiger partial charge in [0.1, 0.15) is 0 Å². The molecule has 0 saturated heterocycles. The first-order chi connectivity index (χ1) is 7.81. The van der Waals surface area contributed by atoms with Gasteiger partial charge in [-0.2, -0.15) is 0 Å². The summed E-state index contributed by atoms with van der Waals surface area (Å²) in [5.41, 5.74) is 7.16. The Labute approximate surface area is 97.7 Å². The minimum absolute atomic E-state index is 0.337. The lowest BCUT2D eigenvalue weighted by molar-refractivity contribution is 0.165. The van der Waals surface area contributed by atoms with Crippen LogP contribution in [0.3, 0.4) is 0 Å². The highest BCUT2D eigenvalue weighted by atomic mass is 15.1. The average Bonchev–Trinajstić information content (AvgIpc) is 2.26. The first-order valence-electron chi connectivity index (χ1n) is 6.11.